The lowest BCUT2D eigenvalue weighted by molar-refractivity contribution is 0.411. The van der Waals surface area contributed by atoms with E-state index in [1.807, 2.05) is 0 Å². The Labute approximate surface area is 135 Å². The largest absolute Gasteiger partial charge is 0.496 e. The van der Waals surface area contributed by atoms with Crippen LogP contribution in [0.4, 0.5) is 4.39 Å². The zero-order valence-electron chi connectivity index (χ0n) is 12.8. The number of rotatable bonds is 4. The topological polar surface area (TPSA) is 55.4 Å². The normalized spacial score (nSPS) is 10.7. The van der Waals surface area contributed by atoms with Gasteiger partial charge in [0.2, 0.25) is 10.0 Å². The number of nitrogens with one attached hydrogen (secondary N) is 1. The van der Waals surface area contributed by atoms with Gasteiger partial charge in [0.1, 0.15) is 11.6 Å². The van der Waals surface area contributed by atoms with Crippen molar-refractivity contribution in [2.24, 2.45) is 0 Å². The van der Waals surface area contributed by atoms with Crippen molar-refractivity contribution in [2.45, 2.75) is 11.8 Å². The number of halogens is 1. The van der Waals surface area contributed by atoms with E-state index in [4.69, 9.17) is 4.74 Å². The molecule has 0 atom stereocenters. The van der Waals surface area contributed by atoms with Gasteiger partial charge in [0, 0.05) is 0 Å². The lowest BCUT2D eigenvalue weighted by atomic mass is 10.2. The van der Waals surface area contributed by atoms with E-state index in [2.05, 4.69) is 16.6 Å². The van der Waals surface area contributed by atoms with Gasteiger partial charge in [0.05, 0.1) is 24.1 Å². The standard InChI is InChI=1S/C17H16FNO3S/c1-13-12-15(9-10-17(13)22-2)23(20,21)19-11-5-7-14-6-3-4-8-16(14)18/h3-4,6,8-10,12,19H,11H2,1-2H3. The Bertz CT molecular complexity index is 867. The number of sulfonamides is 1. The van der Waals surface area contributed by atoms with Crippen molar-refractivity contribution in [3.8, 4) is 17.6 Å². The molecular weight excluding hydrogens is 317 g/mol. The summed E-state index contributed by atoms with van der Waals surface area (Å²) in [6.45, 7) is 1.65. The van der Waals surface area contributed by atoms with Crippen LogP contribution in [0.25, 0.3) is 0 Å². The van der Waals surface area contributed by atoms with Gasteiger partial charge in [-0.15, -0.1) is 0 Å². The van der Waals surface area contributed by atoms with Crippen LogP contribution in [0, 0.1) is 24.6 Å². The minimum absolute atomic E-state index is 0.109. The Hall–Kier alpha value is -2.36. The molecule has 0 aliphatic heterocycles. The number of hydrogen-bond acceptors (Lipinski definition) is 3. The summed E-state index contributed by atoms with van der Waals surface area (Å²) in [5, 5.41) is 0. The molecule has 0 bridgehead atoms. The highest BCUT2D eigenvalue weighted by Crippen LogP contribution is 2.21. The second-order valence-corrected chi connectivity index (χ2v) is 6.50. The summed E-state index contributed by atoms with van der Waals surface area (Å²) in [6, 6.07) is 10.6. The van der Waals surface area contributed by atoms with Crippen molar-refractivity contribution in [1.29, 1.82) is 0 Å². The van der Waals surface area contributed by atoms with Crippen LogP contribution in [0.15, 0.2) is 47.4 Å². The molecule has 2 rings (SSSR count). The molecule has 23 heavy (non-hydrogen) atoms. The maximum atomic E-state index is 13.4. The average molecular weight is 333 g/mol. The SMILES string of the molecule is COc1ccc(S(=O)(=O)NCC#Cc2ccccc2F)cc1C. The van der Waals surface area contributed by atoms with E-state index in [1.165, 1.54) is 31.4 Å². The Morgan fingerprint density at radius 3 is 2.61 bits per heavy atom. The molecule has 6 heteroatoms. The van der Waals surface area contributed by atoms with Crippen LogP contribution in [-0.2, 0) is 10.0 Å². The third kappa shape index (κ3) is 4.31. The van der Waals surface area contributed by atoms with Gasteiger partial charge in [-0.1, -0.05) is 24.0 Å². The van der Waals surface area contributed by atoms with Gasteiger partial charge in [0.15, 0.2) is 0 Å². The van der Waals surface area contributed by atoms with Gasteiger partial charge in [-0.2, -0.15) is 4.72 Å². The Morgan fingerprint density at radius 2 is 1.96 bits per heavy atom. The summed E-state index contributed by atoms with van der Waals surface area (Å²) < 4.78 is 45.2. The molecule has 0 amide bonds. The highest BCUT2D eigenvalue weighted by Gasteiger charge is 2.14. The van der Waals surface area contributed by atoms with Gasteiger partial charge in [-0.05, 0) is 42.8 Å². The molecule has 2 aromatic carbocycles. The highest BCUT2D eigenvalue weighted by molar-refractivity contribution is 7.89. The smallest absolute Gasteiger partial charge is 0.241 e. The van der Waals surface area contributed by atoms with Crippen molar-refractivity contribution in [2.75, 3.05) is 13.7 Å². The van der Waals surface area contributed by atoms with Crippen LogP contribution in [-0.4, -0.2) is 22.1 Å². The van der Waals surface area contributed by atoms with Gasteiger partial charge in [0.25, 0.3) is 0 Å². The molecule has 0 unspecified atom stereocenters. The molecule has 0 aromatic heterocycles. The van der Waals surface area contributed by atoms with E-state index in [1.54, 1.807) is 25.1 Å². The van der Waals surface area contributed by atoms with Crippen molar-refractivity contribution >= 4 is 10.0 Å². The number of methoxy groups -OCH3 is 1. The third-order valence-electron chi connectivity index (χ3n) is 3.12. The van der Waals surface area contributed by atoms with E-state index in [0.29, 0.717) is 11.3 Å². The Morgan fingerprint density at radius 1 is 1.22 bits per heavy atom. The first-order chi connectivity index (χ1) is 10.9. The predicted octanol–water partition coefficient (Wildman–Crippen LogP) is 2.47. The summed E-state index contributed by atoms with van der Waals surface area (Å²) in [4.78, 5) is 0.128. The van der Waals surface area contributed by atoms with Crippen LogP contribution < -0.4 is 9.46 Å². The number of ether oxygens (including phenoxy) is 1. The van der Waals surface area contributed by atoms with E-state index in [-0.39, 0.29) is 17.0 Å². The zero-order chi connectivity index (χ0) is 16.9. The minimum atomic E-state index is -3.67. The summed E-state index contributed by atoms with van der Waals surface area (Å²) >= 11 is 0. The maximum absolute atomic E-state index is 13.4. The number of benzene rings is 2. The number of hydrogen-bond donors (Lipinski definition) is 1. The summed E-state index contributed by atoms with van der Waals surface area (Å²) in [5.74, 6) is 5.37. The summed E-state index contributed by atoms with van der Waals surface area (Å²) in [6.07, 6.45) is 0. The van der Waals surface area contributed by atoms with Crippen LogP contribution in [0.1, 0.15) is 11.1 Å². The molecule has 120 valence electrons. The fourth-order valence-electron chi connectivity index (χ4n) is 1.93. The molecule has 4 nitrogen and oxygen atoms in total. The van der Waals surface area contributed by atoms with Crippen molar-refractivity contribution < 1.29 is 17.5 Å². The molecule has 1 N–H and O–H groups in total. The molecule has 0 aliphatic rings. The van der Waals surface area contributed by atoms with Crippen LogP contribution in [0.2, 0.25) is 0 Å². The molecule has 0 saturated heterocycles. The highest BCUT2D eigenvalue weighted by atomic mass is 32.2. The molecule has 0 spiro atoms. The lowest BCUT2D eigenvalue weighted by Crippen LogP contribution is -2.24. The van der Waals surface area contributed by atoms with E-state index in [0.717, 1.165) is 0 Å². The minimum Gasteiger partial charge on any atom is -0.496 e. The van der Waals surface area contributed by atoms with Gasteiger partial charge < -0.3 is 4.74 Å². The number of aryl methyl sites for hydroxylation is 1. The molecule has 0 saturated carbocycles. The quantitative estimate of drug-likeness (QED) is 0.875. The Balaban J connectivity index is 2.08. The molecule has 0 aliphatic carbocycles. The monoisotopic (exact) mass is 333 g/mol. The van der Waals surface area contributed by atoms with E-state index >= 15 is 0 Å². The second-order valence-electron chi connectivity index (χ2n) is 4.74. The van der Waals surface area contributed by atoms with E-state index < -0.39 is 15.8 Å². The average Bonchev–Trinajstić information content (AvgIpc) is 2.53. The first kappa shape index (κ1) is 17.0. The predicted molar refractivity (Wildman–Crippen MR) is 86.2 cm³/mol. The van der Waals surface area contributed by atoms with Crippen molar-refractivity contribution in [1.82, 2.24) is 4.72 Å². The lowest BCUT2D eigenvalue weighted by Gasteiger charge is -2.08. The van der Waals surface area contributed by atoms with Crippen LogP contribution in [0.3, 0.4) is 0 Å². The summed E-state index contributed by atoms with van der Waals surface area (Å²) in [5.41, 5.74) is 0.944. The van der Waals surface area contributed by atoms with Crippen LogP contribution in [0.5, 0.6) is 5.75 Å². The fraction of sp³-hybridized carbons (Fsp3) is 0.176. The zero-order valence-corrected chi connectivity index (χ0v) is 13.6. The third-order valence-corrected chi connectivity index (χ3v) is 4.52. The molecular formula is C17H16FNO3S. The van der Waals surface area contributed by atoms with Crippen molar-refractivity contribution in [3.05, 3.63) is 59.4 Å². The van der Waals surface area contributed by atoms with E-state index in [9.17, 15) is 12.8 Å². The Kier molecular flexibility index (Phi) is 5.37. The summed E-state index contributed by atoms with van der Waals surface area (Å²) in [7, 11) is -2.15. The van der Waals surface area contributed by atoms with Gasteiger partial charge >= 0.3 is 0 Å². The maximum Gasteiger partial charge on any atom is 0.241 e. The first-order valence-electron chi connectivity index (χ1n) is 6.82. The van der Waals surface area contributed by atoms with Crippen molar-refractivity contribution in [3.63, 3.8) is 0 Å². The fourth-order valence-corrected chi connectivity index (χ4v) is 2.94. The molecule has 0 fully saturated rings. The first-order valence-corrected chi connectivity index (χ1v) is 8.30. The molecule has 0 heterocycles. The van der Waals surface area contributed by atoms with Crippen LogP contribution >= 0.6 is 0 Å². The molecule has 2 aromatic rings. The second kappa shape index (κ2) is 7.27. The van der Waals surface area contributed by atoms with Gasteiger partial charge in [-0.25, -0.2) is 12.8 Å². The molecule has 0 radical (unpaired) electrons. The van der Waals surface area contributed by atoms with Gasteiger partial charge in [-0.3, -0.25) is 0 Å².